The van der Waals surface area contributed by atoms with E-state index in [4.69, 9.17) is 9.47 Å². The molecule has 0 bridgehead atoms. The van der Waals surface area contributed by atoms with Crippen molar-refractivity contribution in [3.63, 3.8) is 0 Å². The summed E-state index contributed by atoms with van der Waals surface area (Å²) >= 11 is 0. The number of carbonyl (C=O) groups excluding carboxylic acids is 2. The van der Waals surface area contributed by atoms with Gasteiger partial charge in [-0.05, 0) is 57.8 Å². The Kier molecular flexibility index (Phi) is 67.7. The van der Waals surface area contributed by atoms with E-state index in [1.165, 1.54) is 283 Å². The van der Waals surface area contributed by atoms with Gasteiger partial charge in [-0.15, -0.1) is 0 Å². The Morgan fingerprint density at radius 1 is 0.304 bits per heavy atom. The standard InChI is InChI=1S/C74H136O5/c1-3-5-7-9-11-13-15-17-19-21-23-25-27-29-31-32-33-34-35-36-37-38-39-40-41-43-44-46-48-50-52-54-56-58-60-62-64-66-68-73(76)78-71-72(70-75)79-74(77)69-67-65-63-61-59-57-55-53-51-49-47-45-42-30-28-26-24-22-20-18-16-14-12-10-8-6-4-2/h6,8,12,14,18,20,24,26,30,42,72,75H,3-5,7,9-11,13,15-17,19,21-23,25,27-29,31-41,43-71H2,1-2H3/b8-6-,14-12-,20-18-,26-24-,42-30-. The van der Waals surface area contributed by atoms with E-state index in [1.807, 2.05) is 0 Å². The van der Waals surface area contributed by atoms with Crippen molar-refractivity contribution in [3.8, 4) is 0 Å². The van der Waals surface area contributed by atoms with Gasteiger partial charge in [-0.25, -0.2) is 0 Å². The fourth-order valence-corrected chi connectivity index (χ4v) is 10.8. The van der Waals surface area contributed by atoms with Crippen molar-refractivity contribution in [1.82, 2.24) is 0 Å². The molecular weight excluding hydrogens is 969 g/mol. The summed E-state index contributed by atoms with van der Waals surface area (Å²) in [5.74, 6) is -0.577. The van der Waals surface area contributed by atoms with Gasteiger partial charge in [0.25, 0.3) is 0 Å². The number of allylic oxidation sites excluding steroid dienone is 10. The summed E-state index contributed by atoms with van der Waals surface area (Å²) < 4.78 is 10.8. The van der Waals surface area contributed by atoms with Gasteiger partial charge in [-0.2, -0.15) is 0 Å². The van der Waals surface area contributed by atoms with Crippen LogP contribution in [0.1, 0.15) is 380 Å². The zero-order valence-electron chi connectivity index (χ0n) is 53.2. The van der Waals surface area contributed by atoms with Crippen LogP contribution in [0.25, 0.3) is 0 Å². The summed E-state index contributed by atoms with van der Waals surface area (Å²) in [5.41, 5.74) is 0. The van der Waals surface area contributed by atoms with Gasteiger partial charge in [0, 0.05) is 12.8 Å². The predicted octanol–water partition coefficient (Wildman–Crippen LogP) is 24.5. The van der Waals surface area contributed by atoms with Crippen LogP contribution in [-0.4, -0.2) is 36.4 Å². The Balaban J connectivity index is 3.39. The summed E-state index contributed by atoms with van der Waals surface area (Å²) in [5, 5.41) is 9.70. The number of hydrogen-bond donors (Lipinski definition) is 1. The van der Waals surface area contributed by atoms with Crippen molar-refractivity contribution in [3.05, 3.63) is 60.8 Å². The van der Waals surface area contributed by atoms with Gasteiger partial charge in [-0.3, -0.25) is 9.59 Å². The van der Waals surface area contributed by atoms with Gasteiger partial charge in [-0.1, -0.05) is 370 Å². The lowest BCUT2D eigenvalue weighted by Gasteiger charge is -2.15. The van der Waals surface area contributed by atoms with Crippen LogP contribution < -0.4 is 0 Å². The van der Waals surface area contributed by atoms with E-state index >= 15 is 0 Å². The molecule has 79 heavy (non-hydrogen) atoms. The van der Waals surface area contributed by atoms with Crippen molar-refractivity contribution < 1.29 is 24.2 Å². The Bertz CT molecular complexity index is 1340. The lowest BCUT2D eigenvalue weighted by molar-refractivity contribution is -0.161. The zero-order valence-corrected chi connectivity index (χ0v) is 53.2. The number of rotatable bonds is 66. The monoisotopic (exact) mass is 1110 g/mol. The van der Waals surface area contributed by atoms with E-state index < -0.39 is 6.10 Å². The van der Waals surface area contributed by atoms with Gasteiger partial charge in [0.15, 0.2) is 6.10 Å². The molecule has 0 aromatic heterocycles. The highest BCUT2D eigenvalue weighted by atomic mass is 16.6. The molecule has 0 radical (unpaired) electrons. The molecule has 5 heteroatoms. The van der Waals surface area contributed by atoms with Crippen molar-refractivity contribution in [2.24, 2.45) is 0 Å². The fourth-order valence-electron chi connectivity index (χ4n) is 10.8. The van der Waals surface area contributed by atoms with E-state index in [0.29, 0.717) is 12.8 Å². The first-order valence-electron chi connectivity index (χ1n) is 35.3. The molecule has 1 N–H and O–H groups in total. The van der Waals surface area contributed by atoms with Gasteiger partial charge in [0.05, 0.1) is 6.61 Å². The topological polar surface area (TPSA) is 72.8 Å². The molecule has 0 saturated carbocycles. The molecule has 0 saturated heterocycles. The van der Waals surface area contributed by atoms with E-state index in [2.05, 4.69) is 74.6 Å². The number of carbonyl (C=O) groups is 2. The van der Waals surface area contributed by atoms with Gasteiger partial charge >= 0.3 is 11.9 Å². The van der Waals surface area contributed by atoms with E-state index in [9.17, 15) is 14.7 Å². The van der Waals surface area contributed by atoms with Gasteiger partial charge in [0.1, 0.15) is 6.61 Å². The number of unbranched alkanes of at least 4 members (excludes halogenated alkanes) is 48. The molecular formula is C74H136O5. The van der Waals surface area contributed by atoms with Gasteiger partial charge < -0.3 is 14.6 Å². The lowest BCUT2D eigenvalue weighted by atomic mass is 10.0. The van der Waals surface area contributed by atoms with Crippen molar-refractivity contribution in [2.75, 3.05) is 13.2 Å². The first kappa shape index (κ1) is 76.6. The molecule has 462 valence electrons. The third kappa shape index (κ3) is 68.0. The molecule has 0 fully saturated rings. The summed E-state index contributed by atoms with van der Waals surface area (Å²) in [4.78, 5) is 24.6. The minimum Gasteiger partial charge on any atom is -0.462 e. The number of aliphatic hydroxyl groups excluding tert-OH is 1. The molecule has 1 unspecified atom stereocenters. The number of esters is 2. The first-order chi connectivity index (χ1) is 39.1. The minimum atomic E-state index is -0.776. The molecule has 0 spiro atoms. The zero-order chi connectivity index (χ0) is 56.9. The average Bonchev–Trinajstić information content (AvgIpc) is 3.45. The molecule has 1 atom stereocenters. The van der Waals surface area contributed by atoms with Crippen LogP contribution in [-0.2, 0) is 19.1 Å². The summed E-state index contributed by atoms with van der Waals surface area (Å²) in [7, 11) is 0. The van der Waals surface area contributed by atoms with Crippen LogP contribution in [0.3, 0.4) is 0 Å². The third-order valence-corrected chi connectivity index (χ3v) is 16.1. The van der Waals surface area contributed by atoms with Crippen molar-refractivity contribution >= 4 is 11.9 Å². The second-order valence-corrected chi connectivity index (χ2v) is 23.9. The maximum absolute atomic E-state index is 12.4. The second-order valence-electron chi connectivity index (χ2n) is 23.9. The Morgan fingerprint density at radius 3 is 0.823 bits per heavy atom. The molecule has 5 nitrogen and oxygen atoms in total. The Hall–Kier alpha value is -2.40. The lowest BCUT2D eigenvalue weighted by Crippen LogP contribution is -2.28. The van der Waals surface area contributed by atoms with E-state index in [0.717, 1.165) is 70.6 Å². The number of aliphatic hydroxyl groups is 1. The molecule has 0 heterocycles. The number of ether oxygens (including phenoxy) is 2. The highest BCUT2D eigenvalue weighted by Crippen LogP contribution is 2.19. The highest BCUT2D eigenvalue weighted by Gasteiger charge is 2.16. The smallest absolute Gasteiger partial charge is 0.306 e. The van der Waals surface area contributed by atoms with E-state index in [-0.39, 0.29) is 25.2 Å². The van der Waals surface area contributed by atoms with Crippen molar-refractivity contribution in [2.45, 2.75) is 386 Å². The van der Waals surface area contributed by atoms with E-state index in [1.54, 1.807) is 0 Å². The van der Waals surface area contributed by atoms with Crippen LogP contribution in [0.2, 0.25) is 0 Å². The summed E-state index contributed by atoms with van der Waals surface area (Å²) in [6, 6.07) is 0. The maximum Gasteiger partial charge on any atom is 0.306 e. The third-order valence-electron chi connectivity index (χ3n) is 16.1. The van der Waals surface area contributed by atoms with Crippen LogP contribution in [0.5, 0.6) is 0 Å². The molecule has 0 aromatic rings. The highest BCUT2D eigenvalue weighted by molar-refractivity contribution is 5.70. The predicted molar refractivity (Wildman–Crippen MR) is 348 cm³/mol. The molecule has 0 aliphatic heterocycles. The van der Waals surface area contributed by atoms with Crippen LogP contribution in [0.15, 0.2) is 60.8 Å². The maximum atomic E-state index is 12.4. The van der Waals surface area contributed by atoms with Crippen molar-refractivity contribution in [1.29, 1.82) is 0 Å². The Morgan fingerprint density at radius 2 is 0.544 bits per heavy atom. The van der Waals surface area contributed by atoms with Gasteiger partial charge in [0.2, 0.25) is 0 Å². The Labute approximate surface area is 493 Å². The molecule has 0 aliphatic rings. The fraction of sp³-hybridized carbons (Fsp3) is 0.838. The molecule has 0 aromatic carbocycles. The van der Waals surface area contributed by atoms with Crippen LogP contribution in [0, 0.1) is 0 Å². The normalized spacial score (nSPS) is 12.5. The summed E-state index contributed by atoms with van der Waals surface area (Å²) in [6.45, 7) is 4.08. The molecule has 0 aliphatic carbocycles. The van der Waals surface area contributed by atoms with Crippen LogP contribution in [0.4, 0.5) is 0 Å². The quantitative estimate of drug-likeness (QED) is 0.0373. The number of hydrogen-bond acceptors (Lipinski definition) is 5. The largest absolute Gasteiger partial charge is 0.462 e. The molecule has 0 rings (SSSR count). The summed E-state index contributed by atoms with van der Waals surface area (Å²) in [6.07, 6.45) is 95.6. The minimum absolute atomic E-state index is 0.0644. The van der Waals surface area contributed by atoms with Crippen LogP contribution >= 0.6 is 0 Å². The molecule has 0 amide bonds. The SMILES string of the molecule is CC/C=C\C/C=C\C/C=C\C/C=C\C/C=C\CCCCCCCCCCCCCC(=O)OC(CO)COC(=O)CCCCCCCCCCCCCCCCCCCCCCCCCCCCCCCCCCCCCCCC. The average molecular weight is 1110 g/mol. The second kappa shape index (κ2) is 69.9. The first-order valence-corrected chi connectivity index (χ1v) is 35.3.